The molecule has 1 amide bonds. The second kappa shape index (κ2) is 8.08. The molecule has 0 bridgehead atoms. The van der Waals surface area contributed by atoms with Gasteiger partial charge in [0, 0.05) is 37.1 Å². The number of rotatable bonds is 6. The topological polar surface area (TPSA) is 109 Å². The maximum Gasteiger partial charge on any atom is 0.245 e. The van der Waals surface area contributed by atoms with Crippen LogP contribution in [0.3, 0.4) is 0 Å². The van der Waals surface area contributed by atoms with Crippen molar-refractivity contribution < 1.29 is 4.79 Å². The number of tetrazole rings is 1. The molecule has 0 aromatic carbocycles. The van der Waals surface area contributed by atoms with Gasteiger partial charge in [-0.3, -0.25) is 14.7 Å². The fraction of sp³-hybridized carbons (Fsp3) is 0.474. The highest BCUT2D eigenvalue weighted by molar-refractivity contribution is 5.77. The Kier molecular flexibility index (Phi) is 5.34. The lowest BCUT2D eigenvalue weighted by molar-refractivity contribution is -0.134. The molecular formula is C19H25N9O. The van der Waals surface area contributed by atoms with Crippen LogP contribution in [0.25, 0.3) is 0 Å². The number of carbonyl (C=O) groups excluding carboxylic acids is 1. The number of nitrogens with zero attached hydrogens (tertiary/aromatic N) is 8. The van der Waals surface area contributed by atoms with E-state index in [0.717, 1.165) is 23.4 Å². The highest BCUT2D eigenvalue weighted by Gasteiger charge is 2.34. The minimum atomic E-state index is -0.274. The van der Waals surface area contributed by atoms with Gasteiger partial charge in [0.05, 0.1) is 18.6 Å². The van der Waals surface area contributed by atoms with Gasteiger partial charge in [0.15, 0.2) is 5.82 Å². The predicted molar refractivity (Wildman–Crippen MR) is 105 cm³/mol. The molecule has 1 aliphatic rings. The van der Waals surface area contributed by atoms with E-state index < -0.39 is 0 Å². The van der Waals surface area contributed by atoms with Gasteiger partial charge in [-0.1, -0.05) is 6.07 Å². The number of H-pyrrole nitrogens is 1. The van der Waals surface area contributed by atoms with Crippen molar-refractivity contribution in [3.05, 3.63) is 53.6 Å². The van der Waals surface area contributed by atoms with Crippen LogP contribution in [0, 0.1) is 0 Å². The summed E-state index contributed by atoms with van der Waals surface area (Å²) < 4.78 is 1.58. The zero-order valence-electron chi connectivity index (χ0n) is 16.9. The molecule has 3 aromatic heterocycles. The van der Waals surface area contributed by atoms with E-state index >= 15 is 0 Å². The molecule has 1 N–H and O–H groups in total. The van der Waals surface area contributed by atoms with Crippen molar-refractivity contribution in [3.63, 3.8) is 0 Å². The number of aromatic nitrogens is 7. The monoisotopic (exact) mass is 395 g/mol. The number of pyridine rings is 1. The van der Waals surface area contributed by atoms with Gasteiger partial charge >= 0.3 is 0 Å². The number of aromatic amines is 1. The van der Waals surface area contributed by atoms with Crippen LogP contribution in [0.2, 0.25) is 0 Å². The van der Waals surface area contributed by atoms with Crippen LogP contribution in [-0.4, -0.2) is 70.5 Å². The molecule has 0 spiro atoms. The van der Waals surface area contributed by atoms with Gasteiger partial charge in [0.25, 0.3) is 0 Å². The number of carbonyl (C=O) groups is 1. The first-order chi connectivity index (χ1) is 14.0. The first-order valence-corrected chi connectivity index (χ1v) is 9.71. The Morgan fingerprint density at radius 2 is 2.28 bits per heavy atom. The predicted octanol–water partition coefficient (Wildman–Crippen LogP) is 0.806. The van der Waals surface area contributed by atoms with Crippen LogP contribution in [0.4, 0.5) is 0 Å². The highest BCUT2D eigenvalue weighted by atomic mass is 16.2. The Bertz CT molecular complexity index is 965. The molecule has 29 heavy (non-hydrogen) atoms. The average molecular weight is 395 g/mol. The van der Waals surface area contributed by atoms with E-state index in [1.807, 2.05) is 24.1 Å². The summed E-state index contributed by atoms with van der Waals surface area (Å²) in [5, 5.41) is 11.9. The lowest BCUT2D eigenvalue weighted by Gasteiger charge is -2.35. The van der Waals surface area contributed by atoms with Crippen LogP contribution in [0.1, 0.15) is 42.7 Å². The second-order valence-electron chi connectivity index (χ2n) is 7.55. The smallest absolute Gasteiger partial charge is 0.245 e. The van der Waals surface area contributed by atoms with Gasteiger partial charge < -0.3 is 9.88 Å². The number of imidazole rings is 1. The second-order valence-corrected chi connectivity index (χ2v) is 7.55. The van der Waals surface area contributed by atoms with Crippen molar-refractivity contribution in [3.8, 4) is 0 Å². The number of hydrogen-bond donors (Lipinski definition) is 1. The fourth-order valence-electron chi connectivity index (χ4n) is 3.50. The fourth-order valence-corrected chi connectivity index (χ4v) is 3.50. The van der Waals surface area contributed by atoms with Crippen LogP contribution in [0.15, 0.2) is 30.9 Å². The molecule has 4 rings (SSSR count). The SMILES string of the molecule is CC(C)N(C)Cc1nnnn1CC(=O)N1CCc2[nH]cnc2[C@H]1c1cccnc1. The van der Waals surface area contributed by atoms with Gasteiger partial charge in [0.2, 0.25) is 5.91 Å². The Balaban J connectivity index is 1.58. The zero-order chi connectivity index (χ0) is 20.4. The van der Waals surface area contributed by atoms with Gasteiger partial charge in [0.1, 0.15) is 12.6 Å². The molecule has 1 aliphatic heterocycles. The Labute approximate surface area is 169 Å². The lowest BCUT2D eigenvalue weighted by Crippen LogP contribution is -2.42. The summed E-state index contributed by atoms with van der Waals surface area (Å²) in [6.07, 6.45) is 5.93. The molecule has 1 atom stereocenters. The summed E-state index contributed by atoms with van der Waals surface area (Å²) in [4.78, 5) is 29.2. The van der Waals surface area contributed by atoms with Crippen molar-refractivity contribution in [2.24, 2.45) is 0 Å². The molecule has 0 saturated carbocycles. The third-order valence-corrected chi connectivity index (χ3v) is 5.41. The van der Waals surface area contributed by atoms with E-state index in [1.54, 1.807) is 23.4 Å². The Morgan fingerprint density at radius 1 is 1.41 bits per heavy atom. The summed E-state index contributed by atoms with van der Waals surface area (Å²) in [6, 6.07) is 3.93. The number of nitrogens with one attached hydrogen (secondary N) is 1. The largest absolute Gasteiger partial charge is 0.348 e. The first kappa shape index (κ1) is 19.2. The van der Waals surface area contributed by atoms with Crippen molar-refractivity contribution >= 4 is 5.91 Å². The number of amides is 1. The number of hydrogen-bond acceptors (Lipinski definition) is 7. The van der Waals surface area contributed by atoms with Crippen LogP contribution in [0.5, 0.6) is 0 Å². The molecule has 0 unspecified atom stereocenters. The molecule has 152 valence electrons. The highest BCUT2D eigenvalue weighted by Crippen LogP contribution is 2.33. The van der Waals surface area contributed by atoms with Crippen molar-refractivity contribution in [1.82, 2.24) is 45.0 Å². The molecular weight excluding hydrogens is 370 g/mol. The molecule has 10 heteroatoms. The summed E-state index contributed by atoms with van der Waals surface area (Å²) in [6.45, 7) is 5.47. The Morgan fingerprint density at radius 3 is 3.03 bits per heavy atom. The minimum Gasteiger partial charge on any atom is -0.348 e. The first-order valence-electron chi connectivity index (χ1n) is 9.71. The lowest BCUT2D eigenvalue weighted by atomic mass is 9.97. The molecule has 0 fully saturated rings. The van der Waals surface area contributed by atoms with Crippen LogP contribution >= 0.6 is 0 Å². The quantitative estimate of drug-likeness (QED) is 0.658. The van der Waals surface area contributed by atoms with E-state index in [2.05, 4.69) is 49.2 Å². The van der Waals surface area contributed by atoms with Gasteiger partial charge in [-0.25, -0.2) is 9.67 Å². The zero-order valence-corrected chi connectivity index (χ0v) is 16.9. The van der Waals surface area contributed by atoms with Crippen molar-refractivity contribution in [2.45, 2.75) is 45.4 Å². The molecule has 3 aromatic rings. The Hall–Kier alpha value is -3.14. The van der Waals surface area contributed by atoms with E-state index in [9.17, 15) is 4.79 Å². The third-order valence-electron chi connectivity index (χ3n) is 5.41. The molecule has 10 nitrogen and oxygen atoms in total. The molecule has 0 radical (unpaired) electrons. The average Bonchev–Trinajstić information content (AvgIpc) is 3.37. The van der Waals surface area contributed by atoms with E-state index in [1.165, 1.54) is 0 Å². The maximum absolute atomic E-state index is 13.3. The van der Waals surface area contributed by atoms with E-state index in [-0.39, 0.29) is 18.5 Å². The van der Waals surface area contributed by atoms with Crippen molar-refractivity contribution in [2.75, 3.05) is 13.6 Å². The van der Waals surface area contributed by atoms with Gasteiger partial charge in [-0.05, 0) is 43.0 Å². The third kappa shape index (κ3) is 3.88. The summed E-state index contributed by atoms with van der Waals surface area (Å²) in [5.41, 5.74) is 2.86. The van der Waals surface area contributed by atoms with E-state index in [4.69, 9.17) is 0 Å². The summed E-state index contributed by atoms with van der Waals surface area (Å²) in [7, 11) is 2.01. The summed E-state index contributed by atoms with van der Waals surface area (Å²) in [5.74, 6) is 0.623. The summed E-state index contributed by atoms with van der Waals surface area (Å²) >= 11 is 0. The van der Waals surface area contributed by atoms with Crippen LogP contribution in [-0.2, 0) is 24.3 Å². The molecule has 0 saturated heterocycles. The van der Waals surface area contributed by atoms with Crippen molar-refractivity contribution in [1.29, 1.82) is 0 Å². The normalized spacial score (nSPS) is 16.4. The van der Waals surface area contributed by atoms with Crippen LogP contribution < -0.4 is 0 Å². The standard InChI is InChI=1S/C19H25N9O/c1-13(2)26(3)10-16-23-24-25-28(16)11-17(29)27-8-6-15-18(22-12-21-15)19(27)14-5-4-7-20-9-14/h4-5,7,9,12-13,19H,6,8,10-11H2,1-3H3,(H,21,22)/t19-/m1/s1. The maximum atomic E-state index is 13.3. The van der Waals surface area contributed by atoms with Gasteiger partial charge in [-0.15, -0.1) is 5.10 Å². The number of fused-ring (bicyclic) bond motifs is 1. The molecule has 0 aliphatic carbocycles. The van der Waals surface area contributed by atoms with Gasteiger partial charge in [-0.2, -0.15) is 0 Å². The minimum absolute atomic E-state index is 0.0479. The van der Waals surface area contributed by atoms with E-state index in [0.29, 0.717) is 25.0 Å². The molecule has 4 heterocycles.